The maximum Gasteiger partial charge on any atom is 0.256 e. The van der Waals surface area contributed by atoms with Gasteiger partial charge in [0.05, 0.1) is 0 Å². The Bertz CT molecular complexity index is 3130. The second-order valence-corrected chi connectivity index (χ2v) is 21.4. The van der Waals surface area contributed by atoms with Crippen LogP contribution in [0.4, 0.5) is 17.1 Å². The first-order chi connectivity index (χ1) is 29.4. The number of para-hydroxylation sites is 1. The highest BCUT2D eigenvalue weighted by Crippen LogP contribution is 2.45. The van der Waals surface area contributed by atoms with E-state index in [9.17, 15) is 0 Å². The van der Waals surface area contributed by atoms with Gasteiger partial charge in [0.15, 0.2) is 8.07 Å². The lowest BCUT2D eigenvalue weighted by Gasteiger charge is -2.41. The van der Waals surface area contributed by atoms with Gasteiger partial charge >= 0.3 is 0 Å². The Morgan fingerprint density at radius 3 is 1.90 bits per heavy atom. The van der Waals surface area contributed by atoms with Crippen molar-refractivity contribution in [1.29, 1.82) is 0 Å². The van der Waals surface area contributed by atoms with Crippen LogP contribution < -0.4 is 46.8 Å². The van der Waals surface area contributed by atoms with Crippen LogP contribution in [0.5, 0.6) is 11.5 Å². The first-order valence-electron chi connectivity index (χ1n) is 21.1. The molecule has 0 fully saturated rings. The van der Waals surface area contributed by atoms with E-state index in [0.29, 0.717) is 0 Å². The predicted octanol–water partition coefficient (Wildman–Crippen LogP) is 9.57. The summed E-state index contributed by atoms with van der Waals surface area (Å²) in [5.74, 6) is 1.84. The van der Waals surface area contributed by atoms with Crippen LogP contribution in [0.15, 0.2) is 200 Å². The monoisotopic (exact) mass is 783 g/mol. The minimum Gasteiger partial charge on any atom is -0.458 e. The molecule has 0 N–H and O–H groups in total. The van der Waals surface area contributed by atoms with Crippen LogP contribution >= 0.6 is 0 Å². The van der Waals surface area contributed by atoms with Gasteiger partial charge in [-0.2, -0.15) is 0 Å². The number of anilines is 3. The minimum atomic E-state index is -2.76. The number of ether oxygens (including phenoxy) is 1. The van der Waals surface area contributed by atoms with E-state index in [1.807, 2.05) is 0 Å². The molecule has 0 atom stereocenters. The van der Waals surface area contributed by atoms with Crippen LogP contribution in [0, 0.1) is 0 Å². The van der Waals surface area contributed by atoms with Crippen molar-refractivity contribution >= 4 is 79.8 Å². The molecule has 0 bridgehead atoms. The van der Waals surface area contributed by atoms with Gasteiger partial charge in [-0.1, -0.05) is 185 Å². The zero-order valence-corrected chi connectivity index (χ0v) is 35.0. The Morgan fingerprint density at radius 1 is 0.483 bits per heavy atom. The molecule has 9 aromatic carbocycles. The molecule has 4 heteroatoms. The van der Waals surface area contributed by atoms with E-state index in [4.69, 9.17) is 4.74 Å². The Kier molecular flexibility index (Phi) is 7.64. The third-order valence-corrected chi connectivity index (χ3v) is 18.2. The summed E-state index contributed by atoms with van der Waals surface area (Å²) in [7, 11) is -2.76. The molecule has 284 valence electrons. The molecule has 3 aliphatic rings. The van der Waals surface area contributed by atoms with E-state index in [1.165, 1.54) is 75.8 Å². The number of benzene rings is 9. The van der Waals surface area contributed by atoms with Crippen LogP contribution in [-0.4, -0.2) is 14.8 Å². The number of rotatable bonds is 4. The van der Waals surface area contributed by atoms with E-state index in [0.717, 1.165) is 28.4 Å². The van der Waals surface area contributed by atoms with Crippen LogP contribution in [0.25, 0.3) is 33.0 Å². The van der Waals surface area contributed by atoms with E-state index in [-0.39, 0.29) is 12.1 Å². The molecule has 0 saturated carbocycles. The van der Waals surface area contributed by atoms with Crippen molar-refractivity contribution in [2.24, 2.45) is 0 Å². The molecule has 0 radical (unpaired) electrons. The zero-order chi connectivity index (χ0) is 40.2. The SMILES string of the molecule is CC(C)(C)c1ccc(N2c3cc4c(cc3B3c5ccccc5Oc5cc(-c6cccc7ccccc67)cc2c53)[Si](c2ccccc2)(c2ccccc2)c2ccccc2-4)cc1. The lowest BCUT2D eigenvalue weighted by molar-refractivity contribution is 0.488. The molecule has 60 heavy (non-hydrogen) atoms. The topological polar surface area (TPSA) is 12.5 Å². The molecule has 3 heterocycles. The standard InChI is InChI=1S/C56H42BNOSi/c1-56(2,3)39-29-31-40(32-30-39)58-49-35-46-45-24-12-15-28-53(45)60(41-19-6-4-7-20-41,42-21-8-5-9-22-42)54(46)36-48(49)57-47-26-13-14-27-51(47)59-52-34-38(33-50(58)55(52)57)44-25-16-18-37-17-10-11-23-43(37)44/h4-36H,1-3H3. The zero-order valence-electron chi connectivity index (χ0n) is 34.0. The number of hydrogen-bond donors (Lipinski definition) is 0. The molecule has 0 aromatic heterocycles. The summed E-state index contributed by atoms with van der Waals surface area (Å²) in [5, 5.41) is 8.16. The average Bonchev–Trinajstić information content (AvgIpc) is 3.58. The lowest BCUT2D eigenvalue weighted by atomic mass is 9.34. The molecule has 9 aromatic rings. The molecular formula is C56H42BNOSi. The summed E-state index contributed by atoms with van der Waals surface area (Å²) in [6, 6.07) is 75.2. The van der Waals surface area contributed by atoms with Crippen molar-refractivity contribution in [2.75, 3.05) is 4.90 Å². The van der Waals surface area contributed by atoms with Crippen molar-refractivity contribution in [2.45, 2.75) is 26.2 Å². The third-order valence-electron chi connectivity index (χ3n) is 13.3. The molecule has 0 saturated heterocycles. The summed E-state index contributed by atoms with van der Waals surface area (Å²) in [6.45, 7) is 6.84. The second-order valence-electron chi connectivity index (χ2n) is 17.6. The fourth-order valence-electron chi connectivity index (χ4n) is 10.6. The number of hydrogen-bond acceptors (Lipinski definition) is 2. The number of nitrogens with zero attached hydrogens (tertiary/aromatic N) is 1. The molecule has 12 rings (SSSR count). The molecule has 2 nitrogen and oxygen atoms in total. The largest absolute Gasteiger partial charge is 0.458 e. The van der Waals surface area contributed by atoms with Gasteiger partial charge in [-0.15, -0.1) is 0 Å². The lowest BCUT2D eigenvalue weighted by Crippen LogP contribution is -2.73. The maximum absolute atomic E-state index is 7.07. The van der Waals surface area contributed by atoms with Crippen molar-refractivity contribution in [3.63, 3.8) is 0 Å². The summed E-state index contributed by atoms with van der Waals surface area (Å²) >= 11 is 0. The first kappa shape index (κ1) is 35.1. The fraction of sp³-hybridized carbons (Fsp3) is 0.0714. The van der Waals surface area contributed by atoms with Gasteiger partial charge in [0.1, 0.15) is 11.5 Å². The van der Waals surface area contributed by atoms with Gasteiger partial charge in [0.2, 0.25) is 0 Å². The Hall–Kier alpha value is -6.88. The third kappa shape index (κ3) is 5.01. The van der Waals surface area contributed by atoms with Crippen molar-refractivity contribution in [1.82, 2.24) is 0 Å². The van der Waals surface area contributed by atoms with Crippen LogP contribution in [-0.2, 0) is 5.41 Å². The first-order valence-corrected chi connectivity index (χ1v) is 23.1. The molecule has 3 aliphatic heterocycles. The summed E-state index contributed by atoms with van der Waals surface area (Å²) in [4.78, 5) is 2.54. The average molecular weight is 784 g/mol. The van der Waals surface area contributed by atoms with Crippen molar-refractivity contribution in [3.8, 4) is 33.8 Å². The predicted molar refractivity (Wildman–Crippen MR) is 257 cm³/mol. The Balaban J connectivity index is 1.20. The Morgan fingerprint density at radius 2 is 1.13 bits per heavy atom. The van der Waals surface area contributed by atoms with Crippen LogP contribution in [0.2, 0.25) is 0 Å². The Labute approximate surface area is 353 Å². The number of fused-ring (bicyclic) bond motifs is 8. The highest BCUT2D eigenvalue weighted by Gasteiger charge is 2.51. The highest BCUT2D eigenvalue weighted by molar-refractivity contribution is 7.22. The van der Waals surface area contributed by atoms with E-state index in [2.05, 4.69) is 226 Å². The van der Waals surface area contributed by atoms with Gasteiger partial charge in [-0.3, -0.25) is 0 Å². The summed E-state index contributed by atoms with van der Waals surface area (Å²) in [6.07, 6.45) is 0. The second kappa shape index (κ2) is 13.1. The highest BCUT2D eigenvalue weighted by atomic mass is 28.3. The van der Waals surface area contributed by atoms with E-state index in [1.54, 1.807) is 0 Å². The van der Waals surface area contributed by atoms with Crippen molar-refractivity contribution < 1.29 is 4.74 Å². The van der Waals surface area contributed by atoms with E-state index < -0.39 is 8.07 Å². The summed E-state index contributed by atoms with van der Waals surface area (Å²) < 4.78 is 7.07. The fourth-order valence-corrected chi connectivity index (χ4v) is 15.9. The quantitative estimate of drug-likeness (QED) is 0.165. The van der Waals surface area contributed by atoms with Crippen LogP contribution in [0.1, 0.15) is 26.3 Å². The summed E-state index contributed by atoms with van der Waals surface area (Å²) in [5.41, 5.74) is 13.6. The molecule has 0 spiro atoms. The van der Waals surface area contributed by atoms with E-state index >= 15 is 0 Å². The van der Waals surface area contributed by atoms with Gasteiger partial charge in [0.25, 0.3) is 6.71 Å². The van der Waals surface area contributed by atoms with Gasteiger partial charge in [0, 0.05) is 17.1 Å². The van der Waals surface area contributed by atoms with Gasteiger partial charge in [-0.25, -0.2) is 0 Å². The normalized spacial score (nSPS) is 14.1. The molecule has 0 aliphatic carbocycles. The smallest absolute Gasteiger partial charge is 0.256 e. The van der Waals surface area contributed by atoms with Gasteiger partial charge in [-0.05, 0) is 118 Å². The maximum atomic E-state index is 7.07. The molecule has 0 unspecified atom stereocenters. The molecular weight excluding hydrogens is 742 g/mol. The molecule has 0 amide bonds. The van der Waals surface area contributed by atoms with Crippen LogP contribution in [0.3, 0.4) is 0 Å². The van der Waals surface area contributed by atoms with Gasteiger partial charge < -0.3 is 9.64 Å². The van der Waals surface area contributed by atoms with Crippen molar-refractivity contribution in [3.05, 3.63) is 206 Å². The minimum absolute atomic E-state index is 0.0296.